The fourth-order valence-electron chi connectivity index (χ4n) is 3.08. The first-order valence-corrected chi connectivity index (χ1v) is 8.02. The number of rotatable bonds is 5. The molecule has 2 rings (SSSR count). The second kappa shape index (κ2) is 7.19. The zero-order chi connectivity index (χ0) is 14.5. The molecule has 3 unspecified atom stereocenters. The van der Waals surface area contributed by atoms with Gasteiger partial charge in [0.05, 0.1) is 0 Å². The SMILES string of the molecule is CCC(C)C1CN(Cc2cncc(C)c2)C(CC)CN1. The molecule has 1 N–H and O–H groups in total. The van der Waals surface area contributed by atoms with Crippen LogP contribution in [0.5, 0.6) is 0 Å². The van der Waals surface area contributed by atoms with Crippen LogP contribution in [0.2, 0.25) is 0 Å². The first-order chi connectivity index (χ1) is 9.63. The summed E-state index contributed by atoms with van der Waals surface area (Å²) in [6.45, 7) is 12.3. The number of nitrogens with one attached hydrogen (secondary N) is 1. The van der Waals surface area contributed by atoms with E-state index in [4.69, 9.17) is 0 Å². The molecule has 0 amide bonds. The molecule has 0 saturated carbocycles. The van der Waals surface area contributed by atoms with Gasteiger partial charge in [-0.2, -0.15) is 0 Å². The summed E-state index contributed by atoms with van der Waals surface area (Å²) in [7, 11) is 0. The van der Waals surface area contributed by atoms with E-state index in [-0.39, 0.29) is 0 Å². The summed E-state index contributed by atoms with van der Waals surface area (Å²) in [6.07, 6.45) is 6.40. The molecule has 112 valence electrons. The molecule has 1 saturated heterocycles. The lowest BCUT2D eigenvalue weighted by Gasteiger charge is -2.42. The molecule has 1 aliphatic heterocycles. The predicted molar refractivity (Wildman–Crippen MR) is 84.7 cm³/mol. The standard InChI is InChI=1S/C17H29N3/c1-5-14(4)17-12-20(16(6-2)10-19-17)11-15-7-13(3)8-18-9-15/h7-9,14,16-17,19H,5-6,10-12H2,1-4H3. The van der Waals surface area contributed by atoms with Gasteiger partial charge in [0.1, 0.15) is 0 Å². The zero-order valence-corrected chi connectivity index (χ0v) is 13.4. The zero-order valence-electron chi connectivity index (χ0n) is 13.4. The topological polar surface area (TPSA) is 28.2 Å². The Morgan fingerprint density at radius 1 is 1.40 bits per heavy atom. The lowest BCUT2D eigenvalue weighted by molar-refractivity contribution is 0.0992. The van der Waals surface area contributed by atoms with Gasteiger partial charge in [0.2, 0.25) is 0 Å². The minimum absolute atomic E-state index is 0.626. The van der Waals surface area contributed by atoms with Crippen molar-refractivity contribution in [1.82, 2.24) is 15.2 Å². The lowest BCUT2D eigenvalue weighted by atomic mass is 9.94. The van der Waals surface area contributed by atoms with Crippen molar-refractivity contribution in [3.05, 3.63) is 29.6 Å². The van der Waals surface area contributed by atoms with Crippen molar-refractivity contribution in [3.8, 4) is 0 Å². The van der Waals surface area contributed by atoms with E-state index in [1.807, 2.05) is 12.4 Å². The van der Waals surface area contributed by atoms with Gasteiger partial charge in [-0.3, -0.25) is 9.88 Å². The molecule has 1 aliphatic rings. The van der Waals surface area contributed by atoms with Crippen LogP contribution in [0.25, 0.3) is 0 Å². The second-order valence-corrected chi connectivity index (χ2v) is 6.26. The number of pyridine rings is 1. The molecule has 20 heavy (non-hydrogen) atoms. The summed E-state index contributed by atoms with van der Waals surface area (Å²) in [5.74, 6) is 0.742. The van der Waals surface area contributed by atoms with Crippen LogP contribution >= 0.6 is 0 Å². The lowest BCUT2D eigenvalue weighted by Crippen LogP contribution is -2.57. The maximum Gasteiger partial charge on any atom is 0.0313 e. The summed E-state index contributed by atoms with van der Waals surface area (Å²) >= 11 is 0. The Labute approximate surface area is 123 Å². The van der Waals surface area contributed by atoms with E-state index in [2.05, 4.69) is 49.0 Å². The second-order valence-electron chi connectivity index (χ2n) is 6.26. The van der Waals surface area contributed by atoms with Crippen LogP contribution < -0.4 is 5.32 Å². The van der Waals surface area contributed by atoms with E-state index in [0.29, 0.717) is 12.1 Å². The highest BCUT2D eigenvalue weighted by atomic mass is 15.2. The molecule has 0 bridgehead atoms. The largest absolute Gasteiger partial charge is 0.311 e. The molecule has 0 spiro atoms. The van der Waals surface area contributed by atoms with Gasteiger partial charge in [-0.25, -0.2) is 0 Å². The first kappa shape index (κ1) is 15.5. The predicted octanol–water partition coefficient (Wildman–Crippen LogP) is 2.99. The quantitative estimate of drug-likeness (QED) is 0.895. The van der Waals surface area contributed by atoms with Gasteiger partial charge in [0.15, 0.2) is 0 Å². The van der Waals surface area contributed by atoms with Gasteiger partial charge in [0.25, 0.3) is 0 Å². The third-order valence-electron chi connectivity index (χ3n) is 4.68. The highest BCUT2D eigenvalue weighted by molar-refractivity contribution is 5.16. The minimum atomic E-state index is 0.626. The van der Waals surface area contributed by atoms with E-state index < -0.39 is 0 Å². The molecule has 0 radical (unpaired) electrons. The fraction of sp³-hybridized carbons (Fsp3) is 0.706. The van der Waals surface area contributed by atoms with Crippen molar-refractivity contribution in [1.29, 1.82) is 0 Å². The summed E-state index contributed by atoms with van der Waals surface area (Å²) in [5, 5.41) is 3.74. The molecule has 3 atom stereocenters. The monoisotopic (exact) mass is 275 g/mol. The van der Waals surface area contributed by atoms with Crippen LogP contribution in [-0.4, -0.2) is 35.1 Å². The van der Waals surface area contributed by atoms with Crippen molar-refractivity contribution < 1.29 is 0 Å². The molecule has 0 aromatic carbocycles. The Bertz CT molecular complexity index is 418. The molecule has 0 aliphatic carbocycles. The van der Waals surface area contributed by atoms with Gasteiger partial charge in [-0.05, 0) is 30.4 Å². The van der Waals surface area contributed by atoms with Crippen LogP contribution in [0.15, 0.2) is 18.5 Å². The first-order valence-electron chi connectivity index (χ1n) is 8.02. The highest BCUT2D eigenvalue weighted by Crippen LogP contribution is 2.19. The van der Waals surface area contributed by atoms with Crippen molar-refractivity contribution in [3.63, 3.8) is 0 Å². The van der Waals surface area contributed by atoms with Crippen LogP contribution in [0.1, 0.15) is 44.7 Å². The van der Waals surface area contributed by atoms with Crippen LogP contribution in [0.4, 0.5) is 0 Å². The van der Waals surface area contributed by atoms with Gasteiger partial charge in [-0.1, -0.05) is 33.3 Å². The van der Waals surface area contributed by atoms with Crippen LogP contribution in [-0.2, 0) is 6.54 Å². The average Bonchev–Trinajstić information content (AvgIpc) is 2.46. The van der Waals surface area contributed by atoms with E-state index >= 15 is 0 Å². The van der Waals surface area contributed by atoms with Gasteiger partial charge in [0, 0.05) is 44.1 Å². The molecule has 1 fully saturated rings. The molecular formula is C17H29N3. The number of nitrogens with zero attached hydrogens (tertiary/aromatic N) is 2. The third kappa shape index (κ3) is 3.80. The number of hydrogen-bond acceptors (Lipinski definition) is 3. The summed E-state index contributed by atoms with van der Waals surface area (Å²) in [5.41, 5.74) is 2.59. The molecule has 2 heterocycles. The van der Waals surface area contributed by atoms with E-state index in [1.165, 1.54) is 24.0 Å². The fourth-order valence-corrected chi connectivity index (χ4v) is 3.08. The minimum Gasteiger partial charge on any atom is -0.311 e. The van der Waals surface area contributed by atoms with E-state index in [0.717, 1.165) is 25.6 Å². The third-order valence-corrected chi connectivity index (χ3v) is 4.68. The van der Waals surface area contributed by atoms with E-state index in [1.54, 1.807) is 0 Å². The summed E-state index contributed by atoms with van der Waals surface area (Å²) in [6, 6.07) is 3.54. The Morgan fingerprint density at radius 3 is 2.85 bits per heavy atom. The summed E-state index contributed by atoms with van der Waals surface area (Å²) < 4.78 is 0. The van der Waals surface area contributed by atoms with Gasteiger partial charge >= 0.3 is 0 Å². The average molecular weight is 275 g/mol. The Hall–Kier alpha value is -0.930. The Balaban J connectivity index is 2.05. The molecule has 3 heteroatoms. The van der Waals surface area contributed by atoms with Crippen LogP contribution in [0.3, 0.4) is 0 Å². The molecular weight excluding hydrogens is 246 g/mol. The van der Waals surface area contributed by atoms with Crippen molar-refractivity contribution in [2.45, 2.75) is 59.2 Å². The number of aromatic nitrogens is 1. The maximum atomic E-state index is 4.33. The molecule has 1 aromatic rings. The van der Waals surface area contributed by atoms with Crippen molar-refractivity contribution >= 4 is 0 Å². The smallest absolute Gasteiger partial charge is 0.0313 e. The normalized spacial score (nSPS) is 25.6. The summed E-state index contributed by atoms with van der Waals surface area (Å²) in [4.78, 5) is 6.97. The Kier molecular flexibility index (Phi) is 5.55. The van der Waals surface area contributed by atoms with E-state index in [9.17, 15) is 0 Å². The number of hydrogen-bond donors (Lipinski definition) is 1. The Morgan fingerprint density at radius 2 is 2.20 bits per heavy atom. The van der Waals surface area contributed by atoms with Crippen molar-refractivity contribution in [2.75, 3.05) is 13.1 Å². The maximum absolute atomic E-state index is 4.33. The van der Waals surface area contributed by atoms with Gasteiger partial charge in [-0.15, -0.1) is 0 Å². The van der Waals surface area contributed by atoms with Gasteiger partial charge < -0.3 is 5.32 Å². The number of piperazine rings is 1. The highest BCUT2D eigenvalue weighted by Gasteiger charge is 2.29. The molecule has 1 aromatic heterocycles. The van der Waals surface area contributed by atoms with Crippen LogP contribution in [0, 0.1) is 12.8 Å². The molecule has 3 nitrogen and oxygen atoms in total. The van der Waals surface area contributed by atoms with Crippen molar-refractivity contribution in [2.24, 2.45) is 5.92 Å². The number of aryl methyl sites for hydroxylation is 1.